The molecule has 3 aromatic rings. The molecule has 0 atom stereocenters. The highest BCUT2D eigenvalue weighted by molar-refractivity contribution is 7.20. The Bertz CT molecular complexity index is 1590. The van der Waals surface area contributed by atoms with E-state index in [1.165, 1.54) is 6.07 Å². The van der Waals surface area contributed by atoms with Gasteiger partial charge in [0.25, 0.3) is 0 Å². The van der Waals surface area contributed by atoms with E-state index in [1.807, 2.05) is 6.07 Å². The topological polar surface area (TPSA) is 58.2 Å². The second-order valence-corrected chi connectivity index (χ2v) is 12.6. The third-order valence-corrected chi connectivity index (χ3v) is 9.31. The Balaban J connectivity index is 1.36. The number of benzene rings is 2. The van der Waals surface area contributed by atoms with Gasteiger partial charge in [-0.25, -0.2) is 4.39 Å². The molecule has 0 radical (unpaired) electrons. The zero-order valence-electron chi connectivity index (χ0n) is 26.3. The summed E-state index contributed by atoms with van der Waals surface area (Å²) >= 11 is 1.16. The first-order valence-electron chi connectivity index (χ1n) is 15.6. The van der Waals surface area contributed by atoms with Gasteiger partial charge in [-0.2, -0.15) is 26.3 Å². The van der Waals surface area contributed by atoms with Crippen molar-refractivity contribution in [3.05, 3.63) is 46.6 Å². The number of hydrogen-bond donors (Lipinski definition) is 2. The number of rotatable bonds is 11. The Morgan fingerprint density at radius 2 is 1.75 bits per heavy atom. The molecule has 2 aliphatic heterocycles. The van der Waals surface area contributed by atoms with Crippen LogP contribution in [0.3, 0.4) is 0 Å². The Hall–Kier alpha value is -3.45. The molecule has 48 heavy (non-hydrogen) atoms. The highest BCUT2D eigenvalue weighted by Crippen LogP contribution is 2.40. The number of alkyl halides is 6. The fraction of sp³-hybridized carbons (Fsp3) is 0.515. The second kappa shape index (κ2) is 15.8. The highest BCUT2D eigenvalue weighted by atomic mass is 32.1. The Morgan fingerprint density at radius 3 is 2.44 bits per heavy atom. The summed E-state index contributed by atoms with van der Waals surface area (Å²) in [6.07, 6.45) is -8.53. The van der Waals surface area contributed by atoms with Crippen LogP contribution < -0.4 is 20.3 Å². The summed E-state index contributed by atoms with van der Waals surface area (Å²) in [6.45, 7) is 2.88. The van der Waals surface area contributed by atoms with Gasteiger partial charge in [-0.3, -0.25) is 0 Å². The number of methoxy groups -OCH3 is 1. The average molecular weight is 703 g/mol. The first-order valence-corrected chi connectivity index (χ1v) is 16.4. The molecule has 0 aliphatic carbocycles. The fourth-order valence-corrected chi connectivity index (χ4v) is 6.94. The molecule has 3 heterocycles. The molecule has 2 fully saturated rings. The van der Waals surface area contributed by atoms with Gasteiger partial charge in [0.2, 0.25) is 0 Å². The minimum absolute atomic E-state index is 0.0585. The predicted octanol–water partition coefficient (Wildman–Crippen LogP) is 6.91. The van der Waals surface area contributed by atoms with Crippen LogP contribution in [0.2, 0.25) is 0 Å². The van der Waals surface area contributed by atoms with Gasteiger partial charge in [-0.15, -0.1) is 11.3 Å². The minimum Gasteiger partial charge on any atom is -0.482 e. The molecule has 0 saturated carbocycles. The fourth-order valence-electron chi connectivity index (χ4n) is 5.77. The van der Waals surface area contributed by atoms with Crippen LogP contribution in [-0.2, 0) is 15.9 Å². The summed E-state index contributed by atoms with van der Waals surface area (Å²) in [6, 6.07) is 7.62. The van der Waals surface area contributed by atoms with Crippen molar-refractivity contribution in [3.8, 4) is 17.6 Å². The number of morpholine rings is 1. The first kappa shape index (κ1) is 35.8. The van der Waals surface area contributed by atoms with Gasteiger partial charge in [-0.05, 0) is 29.9 Å². The molecule has 0 amide bonds. The average Bonchev–Trinajstić information content (AvgIpc) is 3.38. The second-order valence-electron chi connectivity index (χ2n) is 11.6. The van der Waals surface area contributed by atoms with Crippen molar-refractivity contribution < 1.29 is 44.9 Å². The quantitative estimate of drug-likeness (QED) is 0.167. The molecule has 0 spiro atoms. The van der Waals surface area contributed by atoms with Crippen molar-refractivity contribution in [1.29, 1.82) is 0 Å². The van der Waals surface area contributed by atoms with Gasteiger partial charge < -0.3 is 34.6 Å². The van der Waals surface area contributed by atoms with Crippen LogP contribution in [0.1, 0.15) is 23.3 Å². The number of anilines is 3. The molecular weight excluding hydrogens is 665 g/mol. The normalized spacial score (nSPS) is 16.5. The Morgan fingerprint density at radius 1 is 1.00 bits per heavy atom. The predicted molar refractivity (Wildman–Crippen MR) is 173 cm³/mol. The summed E-state index contributed by atoms with van der Waals surface area (Å²) in [5.41, 5.74) is 0.817. The Kier molecular flexibility index (Phi) is 11.8. The number of fused-ring (bicyclic) bond motifs is 1. The number of ether oxygens (including phenoxy) is 3. The lowest BCUT2D eigenvalue weighted by Crippen LogP contribution is -2.40. The van der Waals surface area contributed by atoms with Crippen LogP contribution in [0.5, 0.6) is 5.75 Å². The molecule has 2 aliphatic rings. The van der Waals surface area contributed by atoms with Gasteiger partial charge in [0.1, 0.15) is 11.6 Å². The minimum atomic E-state index is -4.63. The van der Waals surface area contributed by atoms with Crippen molar-refractivity contribution in [2.24, 2.45) is 0 Å². The van der Waals surface area contributed by atoms with E-state index in [-0.39, 0.29) is 40.2 Å². The first-order chi connectivity index (χ1) is 22.9. The maximum Gasteiger partial charge on any atom is 0.422 e. The van der Waals surface area contributed by atoms with Crippen molar-refractivity contribution in [2.75, 3.05) is 88.3 Å². The van der Waals surface area contributed by atoms with Gasteiger partial charge in [0.15, 0.2) is 6.61 Å². The molecule has 2 N–H and O–H groups in total. The molecule has 0 unspecified atom stereocenters. The van der Waals surface area contributed by atoms with Crippen molar-refractivity contribution in [2.45, 2.75) is 37.7 Å². The summed E-state index contributed by atoms with van der Waals surface area (Å²) < 4.78 is 111. The lowest BCUT2D eigenvalue weighted by Gasteiger charge is -2.32. The number of thiophene rings is 1. The number of likely N-dealkylation sites (tertiary alicyclic amines) is 1. The lowest BCUT2D eigenvalue weighted by atomic mass is 10.0. The van der Waals surface area contributed by atoms with E-state index in [1.54, 1.807) is 24.1 Å². The molecule has 1 aromatic heterocycles. The number of hydrogen-bond acceptors (Lipinski definition) is 8. The molecule has 2 aromatic carbocycles. The van der Waals surface area contributed by atoms with Crippen LogP contribution >= 0.6 is 11.3 Å². The molecule has 262 valence electrons. The van der Waals surface area contributed by atoms with Gasteiger partial charge >= 0.3 is 12.4 Å². The maximum atomic E-state index is 15.1. The van der Waals surface area contributed by atoms with Gasteiger partial charge in [0.05, 0.1) is 59.4 Å². The van der Waals surface area contributed by atoms with Crippen LogP contribution in [0.25, 0.3) is 10.1 Å². The summed E-state index contributed by atoms with van der Waals surface area (Å²) in [5.74, 6) is 4.70. The van der Waals surface area contributed by atoms with E-state index in [2.05, 4.69) is 27.4 Å². The zero-order valence-corrected chi connectivity index (χ0v) is 27.1. The van der Waals surface area contributed by atoms with Crippen LogP contribution in [0, 0.1) is 17.7 Å². The largest absolute Gasteiger partial charge is 0.482 e. The maximum absolute atomic E-state index is 15.1. The molecule has 5 rings (SSSR count). The Labute approximate surface area is 278 Å². The van der Waals surface area contributed by atoms with Crippen molar-refractivity contribution >= 4 is 38.5 Å². The number of nitrogens with zero attached hydrogens (tertiary/aromatic N) is 2. The number of nitrogens with one attached hydrogen (secondary N) is 2. The summed E-state index contributed by atoms with van der Waals surface area (Å²) in [5, 5.41) is 6.77. The number of halogens is 7. The van der Waals surface area contributed by atoms with E-state index < -0.39 is 31.2 Å². The van der Waals surface area contributed by atoms with Gasteiger partial charge in [-0.1, -0.05) is 24.0 Å². The van der Waals surface area contributed by atoms with Crippen molar-refractivity contribution in [3.63, 3.8) is 0 Å². The van der Waals surface area contributed by atoms with E-state index in [4.69, 9.17) is 14.2 Å². The van der Waals surface area contributed by atoms with Crippen LogP contribution in [0.4, 0.5) is 47.8 Å². The molecule has 7 nitrogen and oxygen atoms in total. The van der Waals surface area contributed by atoms with Gasteiger partial charge in [0, 0.05) is 58.0 Å². The van der Waals surface area contributed by atoms with E-state index in [9.17, 15) is 26.3 Å². The standard InChI is InChI=1S/C33H37F7N4O3S/c1-45-15-12-43-10-7-22(8-11-43)42-26-5-2-4-23-24(20-32(35,36)37)30(48-31(23)26)6-3-9-41-27-18-25(34)28(44-13-16-46-17-14-44)19-29(27)47-21-33(38,39)40/h2,4-5,18-19,22,41-42H,7-17,20-21H2,1H3. The molecule has 2 saturated heterocycles. The zero-order chi connectivity index (χ0) is 34.3. The number of piperidine rings is 1. The SMILES string of the molecule is COCCN1CCC(Nc2cccc3c(CC(F)(F)F)c(C#CCNc4cc(F)c(N5CCOCC5)cc4OCC(F)(F)F)sc23)CC1. The van der Waals surface area contributed by atoms with Crippen LogP contribution in [0.15, 0.2) is 30.3 Å². The van der Waals surface area contributed by atoms with E-state index in [0.717, 1.165) is 55.6 Å². The van der Waals surface area contributed by atoms with E-state index in [0.29, 0.717) is 43.0 Å². The van der Waals surface area contributed by atoms with Crippen LogP contribution in [-0.4, -0.2) is 96.1 Å². The van der Waals surface area contributed by atoms with E-state index >= 15 is 4.39 Å². The van der Waals surface area contributed by atoms with Crippen molar-refractivity contribution in [1.82, 2.24) is 4.90 Å². The molecular formula is C33H37F7N4O3S. The molecule has 15 heteroatoms. The summed E-state index contributed by atoms with van der Waals surface area (Å²) in [4.78, 5) is 4.20. The smallest absolute Gasteiger partial charge is 0.422 e. The third-order valence-electron chi connectivity index (χ3n) is 8.12. The third kappa shape index (κ3) is 9.81. The molecule has 0 bridgehead atoms. The lowest BCUT2D eigenvalue weighted by molar-refractivity contribution is -0.153. The highest BCUT2D eigenvalue weighted by Gasteiger charge is 2.32. The summed E-state index contributed by atoms with van der Waals surface area (Å²) in [7, 11) is 1.66. The monoisotopic (exact) mass is 702 g/mol.